The van der Waals surface area contributed by atoms with E-state index in [9.17, 15) is 14.7 Å². The number of likely N-dealkylation sites (tertiary alicyclic amines) is 1. The second-order valence-electron chi connectivity index (χ2n) is 8.07. The highest BCUT2D eigenvalue weighted by Crippen LogP contribution is 2.25. The Morgan fingerprint density at radius 1 is 1.03 bits per heavy atom. The number of aromatic hydroxyl groups is 1. The van der Waals surface area contributed by atoms with Crippen molar-refractivity contribution in [3.05, 3.63) is 81.6 Å². The standard InChI is InChI=1S/C25H27N3O3S/c1-18-10-12-20(13-11-18)28-24(31)21(16-19-8-4-2-5-9-19)23(30)26-25(28)32-17-22(29)27-14-6-3-7-15-27/h2,4-5,8-13,30H,3,6-7,14-17H2,1H3. The normalized spacial score (nSPS) is 13.8. The number of thioether (sulfide) groups is 1. The van der Waals surface area contributed by atoms with E-state index in [0.717, 1.165) is 43.5 Å². The van der Waals surface area contributed by atoms with Gasteiger partial charge in [-0.05, 0) is 43.9 Å². The molecule has 1 saturated heterocycles. The van der Waals surface area contributed by atoms with Gasteiger partial charge in [-0.2, -0.15) is 4.98 Å². The van der Waals surface area contributed by atoms with E-state index in [1.807, 2.05) is 66.4 Å². The molecule has 0 saturated carbocycles. The molecule has 32 heavy (non-hydrogen) atoms. The first-order chi connectivity index (χ1) is 15.5. The molecule has 1 N–H and O–H groups in total. The highest BCUT2D eigenvalue weighted by Gasteiger charge is 2.21. The maximum absolute atomic E-state index is 13.5. The molecule has 0 atom stereocenters. The first-order valence-electron chi connectivity index (χ1n) is 10.9. The summed E-state index contributed by atoms with van der Waals surface area (Å²) in [5, 5.41) is 10.9. The number of aryl methyl sites for hydroxylation is 1. The van der Waals surface area contributed by atoms with Gasteiger partial charge in [-0.1, -0.05) is 59.8 Å². The van der Waals surface area contributed by atoms with Crippen LogP contribution in [0.2, 0.25) is 0 Å². The summed E-state index contributed by atoms with van der Waals surface area (Å²) in [5.41, 5.74) is 2.57. The lowest BCUT2D eigenvalue weighted by molar-refractivity contribution is -0.129. The average molecular weight is 450 g/mol. The molecular weight excluding hydrogens is 422 g/mol. The van der Waals surface area contributed by atoms with Crippen LogP contribution in [-0.4, -0.2) is 44.3 Å². The molecule has 1 amide bonds. The third kappa shape index (κ3) is 5.05. The van der Waals surface area contributed by atoms with E-state index < -0.39 is 0 Å². The van der Waals surface area contributed by atoms with Crippen molar-refractivity contribution in [1.29, 1.82) is 0 Å². The second-order valence-corrected chi connectivity index (χ2v) is 9.01. The van der Waals surface area contributed by atoms with Gasteiger partial charge in [0.1, 0.15) is 0 Å². The largest absolute Gasteiger partial charge is 0.493 e. The molecule has 7 heteroatoms. The van der Waals surface area contributed by atoms with E-state index in [2.05, 4.69) is 4.98 Å². The summed E-state index contributed by atoms with van der Waals surface area (Å²) in [5.74, 6) is -0.0714. The highest BCUT2D eigenvalue weighted by molar-refractivity contribution is 7.99. The zero-order valence-electron chi connectivity index (χ0n) is 18.2. The van der Waals surface area contributed by atoms with Gasteiger partial charge in [0.15, 0.2) is 5.16 Å². The Hall–Kier alpha value is -3.06. The van der Waals surface area contributed by atoms with Crippen LogP contribution in [0, 0.1) is 6.92 Å². The van der Waals surface area contributed by atoms with Crippen molar-refractivity contribution in [2.24, 2.45) is 0 Å². The van der Waals surface area contributed by atoms with Crippen LogP contribution in [0.4, 0.5) is 0 Å². The van der Waals surface area contributed by atoms with Gasteiger partial charge in [0.25, 0.3) is 5.56 Å². The Balaban J connectivity index is 1.69. The van der Waals surface area contributed by atoms with Crippen molar-refractivity contribution in [1.82, 2.24) is 14.5 Å². The fraction of sp³-hybridized carbons (Fsp3) is 0.320. The van der Waals surface area contributed by atoms with Crippen LogP contribution >= 0.6 is 11.8 Å². The molecule has 1 aliphatic rings. The predicted octanol–water partition coefficient (Wildman–Crippen LogP) is 3.94. The summed E-state index contributed by atoms with van der Waals surface area (Å²) in [6, 6.07) is 17.1. The Morgan fingerprint density at radius 2 is 1.72 bits per heavy atom. The molecule has 6 nitrogen and oxygen atoms in total. The van der Waals surface area contributed by atoms with Crippen LogP contribution in [0.15, 0.2) is 64.5 Å². The molecule has 0 aliphatic carbocycles. The van der Waals surface area contributed by atoms with Gasteiger partial charge in [-0.3, -0.25) is 14.2 Å². The molecule has 0 bridgehead atoms. The van der Waals surface area contributed by atoms with Gasteiger partial charge in [0.05, 0.1) is 17.0 Å². The minimum atomic E-state index is -0.321. The molecular formula is C25H27N3O3S. The number of hydrogen-bond donors (Lipinski definition) is 1. The molecule has 2 heterocycles. The summed E-state index contributed by atoms with van der Waals surface area (Å²) in [6.45, 7) is 3.53. The van der Waals surface area contributed by atoms with Crippen LogP contribution in [0.5, 0.6) is 5.88 Å². The smallest absolute Gasteiger partial charge is 0.266 e. The number of rotatable bonds is 6. The van der Waals surface area contributed by atoms with Gasteiger partial charge in [-0.25, -0.2) is 0 Å². The number of amides is 1. The van der Waals surface area contributed by atoms with Gasteiger partial charge in [0, 0.05) is 19.5 Å². The van der Waals surface area contributed by atoms with E-state index >= 15 is 0 Å². The zero-order chi connectivity index (χ0) is 22.5. The molecule has 1 aromatic heterocycles. The maximum Gasteiger partial charge on any atom is 0.266 e. The van der Waals surface area contributed by atoms with Crippen LogP contribution < -0.4 is 5.56 Å². The van der Waals surface area contributed by atoms with Crippen LogP contribution in [0.1, 0.15) is 36.0 Å². The van der Waals surface area contributed by atoms with Gasteiger partial charge in [0.2, 0.25) is 11.8 Å². The van der Waals surface area contributed by atoms with Crippen molar-refractivity contribution in [3.63, 3.8) is 0 Å². The molecule has 0 spiro atoms. The summed E-state index contributed by atoms with van der Waals surface area (Å²) in [4.78, 5) is 32.4. The summed E-state index contributed by atoms with van der Waals surface area (Å²) in [6.07, 6.45) is 3.49. The molecule has 0 unspecified atom stereocenters. The summed E-state index contributed by atoms with van der Waals surface area (Å²) < 4.78 is 1.51. The second kappa shape index (κ2) is 10.0. The fourth-order valence-corrected chi connectivity index (χ4v) is 4.76. The number of carbonyl (C=O) groups excluding carboxylic acids is 1. The predicted molar refractivity (Wildman–Crippen MR) is 127 cm³/mol. The fourth-order valence-electron chi connectivity index (χ4n) is 3.86. The molecule has 166 valence electrons. The van der Waals surface area contributed by atoms with Crippen LogP contribution in [0.25, 0.3) is 5.69 Å². The number of benzene rings is 2. The van der Waals surface area contributed by atoms with E-state index in [1.54, 1.807) is 0 Å². The lowest BCUT2D eigenvalue weighted by atomic mass is 10.1. The third-order valence-corrected chi connectivity index (χ3v) is 6.60. The van der Waals surface area contributed by atoms with Gasteiger partial charge < -0.3 is 10.0 Å². The monoisotopic (exact) mass is 449 g/mol. The van der Waals surface area contributed by atoms with Crippen molar-refractivity contribution >= 4 is 17.7 Å². The van der Waals surface area contributed by atoms with Gasteiger partial charge in [-0.15, -0.1) is 0 Å². The first kappa shape index (κ1) is 22.1. The van der Waals surface area contributed by atoms with Gasteiger partial charge >= 0.3 is 0 Å². The molecule has 1 aliphatic heterocycles. The lowest BCUT2D eigenvalue weighted by Crippen LogP contribution is -2.37. The number of aromatic nitrogens is 2. The molecule has 3 aromatic rings. The Kier molecular flexibility index (Phi) is 6.95. The number of nitrogens with zero attached hydrogens (tertiary/aromatic N) is 3. The van der Waals surface area contributed by atoms with Crippen molar-refractivity contribution in [3.8, 4) is 11.6 Å². The van der Waals surface area contributed by atoms with Crippen molar-refractivity contribution in [2.45, 2.75) is 37.8 Å². The maximum atomic E-state index is 13.5. The van der Waals surface area contributed by atoms with E-state index in [1.165, 1.54) is 16.3 Å². The topological polar surface area (TPSA) is 75.4 Å². The minimum Gasteiger partial charge on any atom is -0.493 e. The number of hydrogen-bond acceptors (Lipinski definition) is 5. The Bertz CT molecular complexity index is 1140. The zero-order valence-corrected chi connectivity index (χ0v) is 19.0. The lowest BCUT2D eigenvalue weighted by Gasteiger charge is -2.26. The van der Waals surface area contributed by atoms with Crippen LogP contribution in [-0.2, 0) is 11.2 Å². The number of piperidine rings is 1. The van der Waals surface area contributed by atoms with E-state index in [-0.39, 0.29) is 35.1 Å². The SMILES string of the molecule is Cc1ccc(-n2c(SCC(=O)N3CCCCC3)nc(O)c(Cc3ccccc3)c2=O)cc1. The molecule has 2 aromatic carbocycles. The molecule has 0 radical (unpaired) electrons. The Morgan fingerprint density at radius 3 is 2.41 bits per heavy atom. The third-order valence-electron chi connectivity index (χ3n) is 5.67. The quantitative estimate of drug-likeness (QED) is 0.456. The average Bonchev–Trinajstić information content (AvgIpc) is 2.82. The molecule has 1 fully saturated rings. The summed E-state index contributed by atoms with van der Waals surface area (Å²) >= 11 is 1.19. The van der Waals surface area contributed by atoms with E-state index in [0.29, 0.717) is 10.8 Å². The number of carbonyl (C=O) groups is 1. The summed E-state index contributed by atoms with van der Waals surface area (Å²) in [7, 11) is 0. The minimum absolute atomic E-state index is 0.0345. The molecule has 4 rings (SSSR count). The van der Waals surface area contributed by atoms with E-state index in [4.69, 9.17) is 0 Å². The van der Waals surface area contributed by atoms with Crippen molar-refractivity contribution < 1.29 is 9.90 Å². The Labute approximate surface area is 191 Å². The van der Waals surface area contributed by atoms with Crippen molar-refractivity contribution in [2.75, 3.05) is 18.8 Å². The first-order valence-corrected chi connectivity index (χ1v) is 11.9. The highest BCUT2D eigenvalue weighted by atomic mass is 32.2. The van der Waals surface area contributed by atoms with Crippen LogP contribution in [0.3, 0.4) is 0 Å².